The Hall–Kier alpha value is -1.93. The average molecular weight is 438 g/mol. The highest BCUT2D eigenvalue weighted by molar-refractivity contribution is 8.26. The van der Waals surface area contributed by atoms with Gasteiger partial charge in [0.05, 0.1) is 9.93 Å². The fraction of sp³-hybridized carbons (Fsp3) is 0.111. The second kappa shape index (κ2) is 8.84. The molecule has 1 N–H and O–H groups in total. The molecule has 0 aliphatic carbocycles. The van der Waals surface area contributed by atoms with E-state index in [2.05, 4.69) is 10.3 Å². The number of rotatable bonds is 5. The van der Waals surface area contributed by atoms with Crippen LogP contribution in [0.2, 0.25) is 10.0 Å². The van der Waals surface area contributed by atoms with E-state index in [9.17, 15) is 9.59 Å². The van der Waals surface area contributed by atoms with Crippen molar-refractivity contribution in [1.82, 2.24) is 9.88 Å². The van der Waals surface area contributed by atoms with E-state index < -0.39 is 0 Å². The van der Waals surface area contributed by atoms with Crippen molar-refractivity contribution >= 4 is 75.2 Å². The molecule has 1 aliphatic rings. The predicted molar refractivity (Wildman–Crippen MR) is 114 cm³/mol. The number of carbonyl (C=O) groups is 2. The van der Waals surface area contributed by atoms with Gasteiger partial charge in [0.25, 0.3) is 5.91 Å². The summed E-state index contributed by atoms with van der Waals surface area (Å²) in [6.45, 7) is 0.196. The Labute approximate surface area is 175 Å². The van der Waals surface area contributed by atoms with Gasteiger partial charge < -0.3 is 5.32 Å². The molecule has 1 saturated heterocycles. The highest BCUT2D eigenvalue weighted by atomic mass is 35.5. The summed E-state index contributed by atoms with van der Waals surface area (Å²) in [6.07, 6.45) is 3.30. The number of benzene rings is 1. The molecule has 1 aromatic carbocycles. The van der Waals surface area contributed by atoms with E-state index in [0.717, 1.165) is 5.56 Å². The van der Waals surface area contributed by atoms with Crippen molar-refractivity contribution in [3.8, 4) is 0 Å². The van der Waals surface area contributed by atoms with Gasteiger partial charge in [0.2, 0.25) is 5.91 Å². The first-order valence-corrected chi connectivity index (χ1v) is 9.83. The molecule has 0 bridgehead atoms. The van der Waals surface area contributed by atoms with E-state index in [1.54, 1.807) is 30.3 Å². The average Bonchev–Trinajstić information content (AvgIpc) is 2.90. The number of thiocarbonyl (C=S) groups is 1. The number of pyridine rings is 1. The monoisotopic (exact) mass is 437 g/mol. The molecule has 0 radical (unpaired) electrons. The summed E-state index contributed by atoms with van der Waals surface area (Å²) in [5, 5.41) is 3.77. The smallest absolute Gasteiger partial charge is 0.266 e. The summed E-state index contributed by atoms with van der Waals surface area (Å²) in [6, 6.07) is 10.4. The van der Waals surface area contributed by atoms with Gasteiger partial charge in [0.1, 0.15) is 10.1 Å². The first-order valence-electron chi connectivity index (χ1n) is 7.85. The van der Waals surface area contributed by atoms with Crippen LogP contribution in [0.3, 0.4) is 0 Å². The number of halogens is 2. The number of hydrogen-bond donors (Lipinski definition) is 1. The van der Waals surface area contributed by atoms with Gasteiger partial charge in [-0.05, 0) is 35.9 Å². The number of thioether (sulfide) groups is 1. The van der Waals surface area contributed by atoms with Crippen molar-refractivity contribution in [2.24, 2.45) is 0 Å². The SMILES string of the molecule is O=C(CCN1C(=O)/C(=C/c2ccc(Cl)cc2)SC1=S)Nc1ccc(Cl)cn1. The highest BCUT2D eigenvalue weighted by Gasteiger charge is 2.32. The maximum atomic E-state index is 12.6. The minimum Gasteiger partial charge on any atom is -0.311 e. The molecule has 1 fully saturated rings. The van der Waals surface area contributed by atoms with Crippen LogP contribution in [0.15, 0.2) is 47.5 Å². The zero-order valence-corrected chi connectivity index (χ0v) is 17.0. The van der Waals surface area contributed by atoms with Gasteiger partial charge in [0.15, 0.2) is 0 Å². The number of anilines is 1. The second-order valence-electron chi connectivity index (χ2n) is 5.54. The van der Waals surface area contributed by atoms with Crippen molar-refractivity contribution < 1.29 is 9.59 Å². The lowest BCUT2D eigenvalue weighted by Gasteiger charge is -2.14. The number of nitrogens with zero attached hydrogens (tertiary/aromatic N) is 2. The molecule has 3 rings (SSSR count). The van der Waals surface area contributed by atoms with Crippen molar-refractivity contribution in [3.05, 3.63) is 63.1 Å². The Morgan fingerprint density at radius 3 is 2.56 bits per heavy atom. The van der Waals surface area contributed by atoms with Crippen LogP contribution in [0.25, 0.3) is 6.08 Å². The second-order valence-corrected chi connectivity index (χ2v) is 8.09. The van der Waals surface area contributed by atoms with Crippen molar-refractivity contribution in [2.75, 3.05) is 11.9 Å². The largest absolute Gasteiger partial charge is 0.311 e. The molecule has 138 valence electrons. The quantitative estimate of drug-likeness (QED) is 0.546. The maximum absolute atomic E-state index is 12.6. The van der Waals surface area contributed by atoms with Gasteiger partial charge in [-0.25, -0.2) is 4.98 Å². The zero-order chi connectivity index (χ0) is 19.4. The van der Waals surface area contributed by atoms with Crippen LogP contribution in [0, 0.1) is 0 Å². The summed E-state index contributed by atoms with van der Waals surface area (Å²) in [4.78, 5) is 30.6. The molecule has 2 heterocycles. The predicted octanol–water partition coefficient (Wildman–Crippen LogP) is 4.62. The molecule has 1 aliphatic heterocycles. The topological polar surface area (TPSA) is 62.3 Å². The minimum atomic E-state index is -0.263. The molecule has 0 saturated carbocycles. The van der Waals surface area contributed by atoms with E-state index in [1.165, 1.54) is 22.9 Å². The van der Waals surface area contributed by atoms with E-state index in [0.29, 0.717) is 25.1 Å². The van der Waals surface area contributed by atoms with Gasteiger partial charge in [-0.2, -0.15) is 0 Å². The van der Waals surface area contributed by atoms with Gasteiger partial charge >= 0.3 is 0 Å². The van der Waals surface area contributed by atoms with E-state index >= 15 is 0 Å². The molecule has 2 aromatic rings. The van der Waals surface area contributed by atoms with Gasteiger partial charge in [-0.15, -0.1) is 0 Å². The number of nitrogens with one attached hydrogen (secondary N) is 1. The Morgan fingerprint density at radius 2 is 1.89 bits per heavy atom. The van der Waals surface area contributed by atoms with Crippen LogP contribution < -0.4 is 5.32 Å². The number of amides is 2. The van der Waals surface area contributed by atoms with E-state index in [-0.39, 0.29) is 24.8 Å². The molecule has 0 unspecified atom stereocenters. The number of carbonyl (C=O) groups excluding carboxylic acids is 2. The first-order chi connectivity index (χ1) is 12.9. The third-order valence-corrected chi connectivity index (χ3v) is 5.45. The Balaban J connectivity index is 1.59. The first kappa shape index (κ1) is 19.8. The number of aromatic nitrogens is 1. The van der Waals surface area contributed by atoms with Crippen LogP contribution in [0.1, 0.15) is 12.0 Å². The van der Waals surface area contributed by atoms with Gasteiger partial charge in [0, 0.05) is 24.2 Å². The summed E-state index contributed by atoms with van der Waals surface area (Å²) in [5.74, 6) is -0.0738. The van der Waals surface area contributed by atoms with Crippen LogP contribution in [0.4, 0.5) is 5.82 Å². The van der Waals surface area contributed by atoms with Gasteiger partial charge in [-0.3, -0.25) is 14.5 Å². The lowest BCUT2D eigenvalue weighted by molar-refractivity contribution is -0.122. The Kier molecular flexibility index (Phi) is 6.49. The Bertz CT molecular complexity index is 915. The molecule has 0 atom stereocenters. The standard InChI is InChI=1S/C18H13Cl2N3O2S2/c19-12-3-1-11(2-4-12)9-14-17(25)23(18(26)27-14)8-7-16(24)22-15-6-5-13(20)10-21-15/h1-6,9-10H,7-8H2,(H,21,22,24)/b14-9-. The molecule has 27 heavy (non-hydrogen) atoms. The molecule has 2 amide bonds. The van der Waals surface area contributed by atoms with Crippen LogP contribution in [-0.4, -0.2) is 32.6 Å². The van der Waals surface area contributed by atoms with Crippen LogP contribution >= 0.6 is 47.2 Å². The summed E-state index contributed by atoms with van der Waals surface area (Å²) in [7, 11) is 0. The summed E-state index contributed by atoms with van der Waals surface area (Å²) >= 11 is 18.1. The van der Waals surface area contributed by atoms with E-state index in [4.69, 9.17) is 35.4 Å². The van der Waals surface area contributed by atoms with E-state index in [1.807, 2.05) is 12.1 Å². The van der Waals surface area contributed by atoms with Crippen molar-refractivity contribution in [1.29, 1.82) is 0 Å². The van der Waals surface area contributed by atoms with Crippen molar-refractivity contribution in [3.63, 3.8) is 0 Å². The van der Waals surface area contributed by atoms with Crippen LogP contribution in [-0.2, 0) is 9.59 Å². The van der Waals surface area contributed by atoms with Gasteiger partial charge in [-0.1, -0.05) is 59.3 Å². The highest BCUT2D eigenvalue weighted by Crippen LogP contribution is 2.32. The number of hydrogen-bond acceptors (Lipinski definition) is 5. The molecule has 1 aromatic heterocycles. The molecule has 0 spiro atoms. The fourth-order valence-corrected chi connectivity index (χ4v) is 3.82. The lowest BCUT2D eigenvalue weighted by Crippen LogP contribution is -2.31. The zero-order valence-electron chi connectivity index (χ0n) is 13.8. The molecule has 5 nitrogen and oxygen atoms in total. The molecule has 9 heteroatoms. The van der Waals surface area contributed by atoms with Crippen LogP contribution in [0.5, 0.6) is 0 Å². The Morgan fingerprint density at radius 1 is 1.19 bits per heavy atom. The summed E-state index contributed by atoms with van der Waals surface area (Å²) in [5.41, 5.74) is 0.853. The molecular formula is C18H13Cl2N3O2S2. The third-order valence-electron chi connectivity index (χ3n) is 3.60. The summed E-state index contributed by atoms with van der Waals surface area (Å²) < 4.78 is 0.428. The normalized spacial score (nSPS) is 15.5. The minimum absolute atomic E-state index is 0.102. The fourth-order valence-electron chi connectivity index (χ4n) is 2.27. The molecular weight excluding hydrogens is 425 g/mol. The van der Waals surface area contributed by atoms with Crippen molar-refractivity contribution in [2.45, 2.75) is 6.42 Å². The maximum Gasteiger partial charge on any atom is 0.266 e. The third kappa shape index (κ3) is 5.29. The lowest BCUT2D eigenvalue weighted by atomic mass is 10.2.